The smallest absolute Gasteiger partial charge is 0.0171 e. The average molecular weight is 407 g/mol. The molecule has 0 aliphatic rings. The van der Waals surface area contributed by atoms with E-state index in [-0.39, 0.29) is 0 Å². The molecule has 7 aromatic rings. The van der Waals surface area contributed by atoms with Gasteiger partial charge in [-0.25, -0.2) is 0 Å². The van der Waals surface area contributed by atoms with Gasteiger partial charge in [-0.2, -0.15) is 0 Å². The molecule has 0 aromatic heterocycles. The van der Waals surface area contributed by atoms with Crippen LogP contribution in [-0.4, -0.2) is 0 Å². The summed E-state index contributed by atoms with van der Waals surface area (Å²) < 4.78 is 0. The summed E-state index contributed by atoms with van der Waals surface area (Å²) >= 11 is 0. The molecule has 0 fully saturated rings. The lowest BCUT2D eigenvalue weighted by Crippen LogP contribution is -1.81. The lowest BCUT2D eigenvalue weighted by molar-refractivity contribution is 1.72. The first-order chi connectivity index (χ1) is 15.8. The normalized spacial score (nSPS) is 11.1. The summed E-state index contributed by atoms with van der Waals surface area (Å²) in [6.45, 7) is 0. The lowest BCUT2D eigenvalue weighted by Gasteiger charge is -2.08. The SMILES string of the molecule is c1ccc2cc3cc4cc5cc6ccccc6cc5cc4cc3cc2c1.c1ccccc1. The van der Waals surface area contributed by atoms with Crippen LogP contribution >= 0.6 is 0 Å². The maximum atomic E-state index is 2.33. The van der Waals surface area contributed by atoms with Crippen molar-refractivity contribution < 1.29 is 0 Å². The fourth-order valence-corrected chi connectivity index (χ4v) is 4.52. The molecule has 32 heavy (non-hydrogen) atoms. The van der Waals surface area contributed by atoms with E-state index in [1.54, 1.807) is 0 Å². The summed E-state index contributed by atoms with van der Waals surface area (Å²) in [5.74, 6) is 0. The predicted octanol–water partition coefficient (Wildman–Crippen LogP) is 9.14. The second-order valence-electron chi connectivity index (χ2n) is 8.30. The highest BCUT2D eigenvalue weighted by Gasteiger charge is 2.04. The summed E-state index contributed by atoms with van der Waals surface area (Å²) in [6, 6.07) is 47.7. The first-order valence-electron chi connectivity index (χ1n) is 11.0. The molecular formula is C32H22. The minimum absolute atomic E-state index is 1.30. The molecule has 0 spiro atoms. The molecule has 0 saturated heterocycles. The summed E-state index contributed by atoms with van der Waals surface area (Å²) in [6.07, 6.45) is 0. The van der Waals surface area contributed by atoms with Crippen molar-refractivity contribution in [3.05, 3.63) is 133 Å². The van der Waals surface area contributed by atoms with Crippen LogP contribution in [0, 0.1) is 0 Å². The molecule has 7 aromatic carbocycles. The van der Waals surface area contributed by atoms with E-state index in [1.807, 2.05) is 36.4 Å². The molecule has 0 bridgehead atoms. The molecule has 0 heterocycles. The Balaban J connectivity index is 0.000000285. The van der Waals surface area contributed by atoms with E-state index < -0.39 is 0 Å². The largest absolute Gasteiger partial charge is 0.0623 e. The maximum Gasteiger partial charge on any atom is -0.0171 e. The zero-order chi connectivity index (χ0) is 21.3. The number of rotatable bonds is 0. The molecule has 0 heteroatoms. The first-order valence-corrected chi connectivity index (χ1v) is 11.0. The van der Waals surface area contributed by atoms with Crippen molar-refractivity contribution in [3.63, 3.8) is 0 Å². The van der Waals surface area contributed by atoms with Gasteiger partial charge in [0.15, 0.2) is 0 Å². The van der Waals surface area contributed by atoms with E-state index in [0.29, 0.717) is 0 Å². The third kappa shape index (κ3) is 3.46. The average Bonchev–Trinajstić information content (AvgIpc) is 2.85. The summed E-state index contributed by atoms with van der Waals surface area (Å²) in [5.41, 5.74) is 0. The zero-order valence-corrected chi connectivity index (χ0v) is 17.7. The number of fused-ring (bicyclic) bond motifs is 5. The zero-order valence-electron chi connectivity index (χ0n) is 17.7. The predicted molar refractivity (Wildman–Crippen MR) is 140 cm³/mol. The number of hydrogen-bond donors (Lipinski definition) is 0. The van der Waals surface area contributed by atoms with E-state index in [9.17, 15) is 0 Å². The molecule has 0 saturated carbocycles. The third-order valence-corrected chi connectivity index (χ3v) is 6.15. The maximum absolute atomic E-state index is 2.33. The van der Waals surface area contributed by atoms with Crippen molar-refractivity contribution in [1.82, 2.24) is 0 Å². The van der Waals surface area contributed by atoms with Crippen LogP contribution in [0.1, 0.15) is 0 Å². The second kappa shape index (κ2) is 7.83. The van der Waals surface area contributed by atoms with E-state index in [2.05, 4.69) is 97.1 Å². The van der Waals surface area contributed by atoms with E-state index in [1.165, 1.54) is 53.9 Å². The van der Waals surface area contributed by atoms with Gasteiger partial charge < -0.3 is 0 Å². The Kier molecular flexibility index (Phi) is 4.55. The fraction of sp³-hybridized carbons (Fsp3) is 0. The highest BCUT2D eigenvalue weighted by atomic mass is 14.1. The van der Waals surface area contributed by atoms with Crippen molar-refractivity contribution in [2.45, 2.75) is 0 Å². The Bertz CT molecular complexity index is 1460. The Morgan fingerprint density at radius 3 is 0.594 bits per heavy atom. The molecular weight excluding hydrogens is 384 g/mol. The Labute approximate surface area is 187 Å². The van der Waals surface area contributed by atoms with E-state index >= 15 is 0 Å². The fourth-order valence-electron chi connectivity index (χ4n) is 4.52. The summed E-state index contributed by atoms with van der Waals surface area (Å²) in [4.78, 5) is 0. The van der Waals surface area contributed by atoms with Gasteiger partial charge in [0.2, 0.25) is 0 Å². The van der Waals surface area contributed by atoms with Crippen LogP contribution in [0.4, 0.5) is 0 Å². The van der Waals surface area contributed by atoms with Gasteiger partial charge >= 0.3 is 0 Å². The van der Waals surface area contributed by atoms with Gasteiger partial charge in [0.05, 0.1) is 0 Å². The van der Waals surface area contributed by atoms with Gasteiger partial charge in [-0.15, -0.1) is 0 Å². The number of hydrogen-bond acceptors (Lipinski definition) is 0. The first kappa shape index (κ1) is 18.6. The molecule has 0 amide bonds. The summed E-state index contributed by atoms with van der Waals surface area (Å²) in [5, 5.41) is 13.0. The molecule has 150 valence electrons. The highest BCUT2D eigenvalue weighted by molar-refractivity contribution is 6.10. The minimum Gasteiger partial charge on any atom is -0.0623 e. The molecule has 0 radical (unpaired) electrons. The molecule has 0 N–H and O–H groups in total. The minimum atomic E-state index is 1.30. The lowest BCUT2D eigenvalue weighted by atomic mass is 9.96. The van der Waals surface area contributed by atoms with Crippen LogP contribution in [0.15, 0.2) is 133 Å². The van der Waals surface area contributed by atoms with Crippen molar-refractivity contribution in [2.75, 3.05) is 0 Å². The van der Waals surface area contributed by atoms with Gasteiger partial charge in [0.25, 0.3) is 0 Å². The Hall–Kier alpha value is -4.16. The Morgan fingerprint density at radius 1 is 0.188 bits per heavy atom. The van der Waals surface area contributed by atoms with Crippen molar-refractivity contribution in [2.24, 2.45) is 0 Å². The molecule has 7 rings (SSSR count). The van der Waals surface area contributed by atoms with Gasteiger partial charge in [-0.05, 0) is 102 Å². The van der Waals surface area contributed by atoms with Crippen molar-refractivity contribution >= 4 is 53.9 Å². The summed E-state index contributed by atoms with van der Waals surface area (Å²) in [7, 11) is 0. The van der Waals surface area contributed by atoms with Crippen LogP contribution < -0.4 is 0 Å². The van der Waals surface area contributed by atoms with Gasteiger partial charge in [0, 0.05) is 0 Å². The second-order valence-corrected chi connectivity index (χ2v) is 8.30. The topological polar surface area (TPSA) is 0 Å². The van der Waals surface area contributed by atoms with Crippen LogP contribution in [0.5, 0.6) is 0 Å². The van der Waals surface area contributed by atoms with Crippen molar-refractivity contribution in [1.29, 1.82) is 0 Å². The highest BCUT2D eigenvalue weighted by Crippen LogP contribution is 2.31. The van der Waals surface area contributed by atoms with Crippen LogP contribution in [0.25, 0.3) is 53.9 Å². The Morgan fingerprint density at radius 2 is 0.375 bits per heavy atom. The van der Waals surface area contributed by atoms with Gasteiger partial charge in [-0.1, -0.05) is 84.9 Å². The van der Waals surface area contributed by atoms with E-state index in [0.717, 1.165) is 0 Å². The van der Waals surface area contributed by atoms with Crippen molar-refractivity contribution in [3.8, 4) is 0 Å². The van der Waals surface area contributed by atoms with Crippen LogP contribution in [0.2, 0.25) is 0 Å². The van der Waals surface area contributed by atoms with Gasteiger partial charge in [0.1, 0.15) is 0 Å². The third-order valence-electron chi connectivity index (χ3n) is 6.15. The molecule has 0 aliphatic heterocycles. The molecule has 0 atom stereocenters. The molecule has 0 unspecified atom stereocenters. The standard InChI is InChI=1S/C26H16.C6H6/c1-2-6-18-10-22-14-26-16-24-12-20-8-4-3-7-19(20)11-23(24)15-25(26)13-21(22)9-17(18)5-1;1-2-4-6-5-3-1/h1-16H;1-6H. The molecule has 0 aliphatic carbocycles. The van der Waals surface area contributed by atoms with Crippen LogP contribution in [0.3, 0.4) is 0 Å². The van der Waals surface area contributed by atoms with Crippen LogP contribution in [-0.2, 0) is 0 Å². The molecule has 0 nitrogen and oxygen atoms in total. The number of benzene rings is 7. The van der Waals surface area contributed by atoms with Gasteiger partial charge in [-0.3, -0.25) is 0 Å². The van der Waals surface area contributed by atoms with E-state index in [4.69, 9.17) is 0 Å². The monoisotopic (exact) mass is 406 g/mol. The quantitative estimate of drug-likeness (QED) is 0.220.